The van der Waals surface area contributed by atoms with Crippen LogP contribution in [0.25, 0.3) is 0 Å². The van der Waals surface area contributed by atoms with Gasteiger partial charge in [0.25, 0.3) is 5.91 Å². The number of amides is 2. The second kappa shape index (κ2) is 6.30. The Hall–Kier alpha value is -2.50. The minimum atomic E-state index is -0.550. The van der Waals surface area contributed by atoms with E-state index in [9.17, 15) is 9.59 Å². The third-order valence-corrected chi connectivity index (χ3v) is 3.31. The van der Waals surface area contributed by atoms with E-state index >= 15 is 0 Å². The van der Waals surface area contributed by atoms with Crippen molar-refractivity contribution in [3.05, 3.63) is 35.4 Å². The van der Waals surface area contributed by atoms with E-state index in [1.807, 2.05) is 24.3 Å². The smallest absolute Gasteiger partial charge is 0.272 e. The molecule has 0 aliphatic carbocycles. The molecule has 1 aromatic carbocycles. The average Bonchev–Trinajstić information content (AvgIpc) is 2.79. The summed E-state index contributed by atoms with van der Waals surface area (Å²) in [5, 5.41) is 7.56. The molecule has 0 fully saturated rings. The standard InChI is InChI=1S/C15H18N4O2/c1-9(2)12-6-4-11(5-7-12)8-16-18-15(21)13-10(3)14(20)19-17-13/h4-10H,1-3H3,(H,18,21)(H,19,20)/b16-8+. The third kappa shape index (κ3) is 3.53. The van der Waals surface area contributed by atoms with Crippen molar-refractivity contribution < 1.29 is 9.59 Å². The van der Waals surface area contributed by atoms with Crippen molar-refractivity contribution >= 4 is 23.7 Å². The van der Waals surface area contributed by atoms with Gasteiger partial charge in [0.05, 0.1) is 12.1 Å². The first-order valence-electron chi connectivity index (χ1n) is 6.80. The zero-order chi connectivity index (χ0) is 15.4. The number of hydrogen-bond acceptors (Lipinski definition) is 4. The third-order valence-electron chi connectivity index (χ3n) is 3.31. The molecule has 1 atom stereocenters. The van der Waals surface area contributed by atoms with Crippen LogP contribution in [0.1, 0.15) is 37.8 Å². The number of benzene rings is 1. The first kappa shape index (κ1) is 14.9. The van der Waals surface area contributed by atoms with Crippen molar-refractivity contribution in [2.75, 3.05) is 0 Å². The van der Waals surface area contributed by atoms with E-state index in [1.165, 1.54) is 5.56 Å². The molecule has 0 saturated heterocycles. The first-order chi connectivity index (χ1) is 9.99. The number of carbonyl (C=O) groups is 2. The summed E-state index contributed by atoms with van der Waals surface area (Å²) < 4.78 is 0. The van der Waals surface area contributed by atoms with Gasteiger partial charge in [0.1, 0.15) is 5.71 Å². The summed E-state index contributed by atoms with van der Waals surface area (Å²) in [5.74, 6) is -0.836. The normalized spacial score (nSPS) is 18.0. The highest BCUT2D eigenvalue weighted by Crippen LogP contribution is 2.13. The minimum absolute atomic E-state index is 0.146. The van der Waals surface area contributed by atoms with Crippen molar-refractivity contribution in [3.8, 4) is 0 Å². The zero-order valence-corrected chi connectivity index (χ0v) is 12.3. The van der Waals surface area contributed by atoms with Gasteiger partial charge in [-0.2, -0.15) is 10.2 Å². The fourth-order valence-electron chi connectivity index (χ4n) is 1.87. The Balaban J connectivity index is 1.93. The van der Waals surface area contributed by atoms with E-state index in [0.29, 0.717) is 5.92 Å². The molecular formula is C15H18N4O2. The quantitative estimate of drug-likeness (QED) is 0.647. The Morgan fingerprint density at radius 2 is 2.05 bits per heavy atom. The number of rotatable bonds is 4. The van der Waals surface area contributed by atoms with Gasteiger partial charge in [-0.25, -0.2) is 10.9 Å². The van der Waals surface area contributed by atoms with Crippen LogP contribution < -0.4 is 10.9 Å². The van der Waals surface area contributed by atoms with Crippen molar-refractivity contribution in [1.82, 2.24) is 10.9 Å². The maximum atomic E-state index is 11.8. The molecule has 0 saturated carbocycles. The molecule has 2 rings (SSSR count). The van der Waals surface area contributed by atoms with Crippen LogP contribution in [-0.2, 0) is 9.59 Å². The summed E-state index contributed by atoms with van der Waals surface area (Å²) in [6, 6.07) is 7.93. The molecule has 6 nitrogen and oxygen atoms in total. The molecule has 1 heterocycles. The number of nitrogens with one attached hydrogen (secondary N) is 2. The topological polar surface area (TPSA) is 82.9 Å². The van der Waals surface area contributed by atoms with Gasteiger partial charge in [-0.1, -0.05) is 38.1 Å². The highest BCUT2D eigenvalue weighted by molar-refractivity contribution is 6.44. The summed E-state index contributed by atoms with van der Waals surface area (Å²) in [7, 11) is 0. The molecule has 0 radical (unpaired) electrons. The highest BCUT2D eigenvalue weighted by atomic mass is 16.2. The SMILES string of the molecule is CC1C(=O)NN=C1C(=O)N/N=C/c1ccc(C(C)C)cc1. The number of carbonyl (C=O) groups excluding carboxylic acids is 2. The monoisotopic (exact) mass is 286 g/mol. The van der Waals surface area contributed by atoms with E-state index in [-0.39, 0.29) is 11.6 Å². The largest absolute Gasteiger partial charge is 0.288 e. The molecule has 21 heavy (non-hydrogen) atoms. The van der Waals surface area contributed by atoms with Crippen molar-refractivity contribution in [2.24, 2.45) is 16.1 Å². The van der Waals surface area contributed by atoms with Crippen LogP contribution in [0.3, 0.4) is 0 Å². The molecule has 2 amide bonds. The average molecular weight is 286 g/mol. The number of nitrogens with zero attached hydrogens (tertiary/aromatic N) is 2. The molecule has 110 valence electrons. The Bertz CT molecular complexity index is 603. The van der Waals surface area contributed by atoms with E-state index in [1.54, 1.807) is 13.1 Å². The molecule has 6 heteroatoms. The minimum Gasteiger partial charge on any atom is -0.272 e. The second-order valence-electron chi connectivity index (χ2n) is 5.22. The summed E-state index contributed by atoms with van der Waals surface area (Å²) in [6.07, 6.45) is 1.55. The van der Waals surface area contributed by atoms with Crippen LogP contribution in [0.5, 0.6) is 0 Å². The summed E-state index contributed by atoms with van der Waals surface area (Å²) in [6.45, 7) is 5.87. The van der Waals surface area contributed by atoms with Crippen molar-refractivity contribution in [3.63, 3.8) is 0 Å². The molecule has 2 N–H and O–H groups in total. The molecule has 0 aromatic heterocycles. The van der Waals surface area contributed by atoms with Gasteiger partial charge in [-0.05, 0) is 24.0 Å². The van der Waals surface area contributed by atoms with E-state index in [0.717, 1.165) is 5.56 Å². The lowest BCUT2D eigenvalue weighted by Crippen LogP contribution is -2.32. The predicted octanol–water partition coefficient (Wildman–Crippen LogP) is 1.38. The van der Waals surface area contributed by atoms with Crippen molar-refractivity contribution in [1.29, 1.82) is 0 Å². The summed E-state index contributed by atoms with van der Waals surface area (Å²) >= 11 is 0. The van der Waals surface area contributed by atoms with Gasteiger partial charge < -0.3 is 0 Å². The van der Waals surface area contributed by atoms with Gasteiger partial charge in [0.2, 0.25) is 5.91 Å². The van der Waals surface area contributed by atoms with Gasteiger partial charge in [0.15, 0.2) is 0 Å². The van der Waals surface area contributed by atoms with Crippen LogP contribution >= 0.6 is 0 Å². The Morgan fingerprint density at radius 1 is 1.38 bits per heavy atom. The maximum Gasteiger partial charge on any atom is 0.288 e. The van der Waals surface area contributed by atoms with E-state index in [2.05, 4.69) is 34.9 Å². The van der Waals surface area contributed by atoms with Crippen LogP contribution in [0.4, 0.5) is 0 Å². The zero-order valence-electron chi connectivity index (χ0n) is 12.3. The van der Waals surface area contributed by atoms with Crippen molar-refractivity contribution in [2.45, 2.75) is 26.7 Å². The Morgan fingerprint density at radius 3 is 2.57 bits per heavy atom. The van der Waals surface area contributed by atoms with Gasteiger partial charge in [-0.3, -0.25) is 9.59 Å². The lowest BCUT2D eigenvalue weighted by molar-refractivity contribution is -0.122. The van der Waals surface area contributed by atoms with Crippen LogP contribution in [-0.4, -0.2) is 23.7 Å². The molecule has 1 unspecified atom stereocenters. The lowest BCUT2D eigenvalue weighted by atomic mass is 10.0. The molecule has 1 aromatic rings. The Kier molecular flexibility index (Phi) is 4.47. The fraction of sp³-hybridized carbons (Fsp3) is 0.333. The molecule has 0 bridgehead atoms. The van der Waals surface area contributed by atoms with Crippen LogP contribution in [0.15, 0.2) is 34.5 Å². The first-order valence-corrected chi connectivity index (χ1v) is 6.80. The summed E-state index contributed by atoms with van der Waals surface area (Å²) in [4.78, 5) is 23.0. The molecular weight excluding hydrogens is 268 g/mol. The number of hydrogen-bond donors (Lipinski definition) is 2. The maximum absolute atomic E-state index is 11.8. The molecule has 1 aliphatic rings. The molecule has 0 spiro atoms. The number of hydrazone groups is 2. The van der Waals surface area contributed by atoms with Gasteiger partial charge in [0, 0.05) is 0 Å². The second-order valence-corrected chi connectivity index (χ2v) is 5.22. The van der Waals surface area contributed by atoms with E-state index < -0.39 is 11.8 Å². The molecule has 1 aliphatic heterocycles. The van der Waals surface area contributed by atoms with E-state index in [4.69, 9.17) is 0 Å². The van der Waals surface area contributed by atoms with Gasteiger partial charge >= 0.3 is 0 Å². The summed E-state index contributed by atoms with van der Waals surface area (Å²) in [5.41, 5.74) is 6.91. The highest BCUT2D eigenvalue weighted by Gasteiger charge is 2.30. The lowest BCUT2D eigenvalue weighted by Gasteiger charge is -2.04. The van der Waals surface area contributed by atoms with Crippen LogP contribution in [0, 0.1) is 5.92 Å². The fourth-order valence-corrected chi connectivity index (χ4v) is 1.87. The van der Waals surface area contributed by atoms with Crippen LogP contribution in [0.2, 0.25) is 0 Å². The van der Waals surface area contributed by atoms with Gasteiger partial charge in [-0.15, -0.1) is 0 Å². The Labute approximate surface area is 123 Å². The predicted molar refractivity (Wildman–Crippen MR) is 81.0 cm³/mol.